The summed E-state index contributed by atoms with van der Waals surface area (Å²) < 4.78 is 32.5. The predicted molar refractivity (Wildman–Crippen MR) is 95.5 cm³/mol. The van der Waals surface area contributed by atoms with Crippen LogP contribution in [0, 0.1) is 5.92 Å². The van der Waals surface area contributed by atoms with Gasteiger partial charge < -0.3 is 4.52 Å². The Morgan fingerprint density at radius 1 is 1.21 bits per heavy atom. The van der Waals surface area contributed by atoms with Gasteiger partial charge in [-0.2, -0.15) is 0 Å². The minimum Gasteiger partial charge on any atom is -0.359 e. The van der Waals surface area contributed by atoms with E-state index in [0.717, 1.165) is 37.7 Å². The van der Waals surface area contributed by atoms with E-state index in [1.807, 2.05) is 12.1 Å². The van der Waals surface area contributed by atoms with Crippen molar-refractivity contribution in [3.05, 3.63) is 41.7 Å². The Hall–Kier alpha value is -1.82. The number of anilines is 1. The predicted octanol–water partition coefficient (Wildman–Crippen LogP) is 4.41. The highest BCUT2D eigenvalue weighted by Crippen LogP contribution is 2.19. The van der Waals surface area contributed by atoms with Crippen molar-refractivity contribution in [1.29, 1.82) is 0 Å². The van der Waals surface area contributed by atoms with Gasteiger partial charge in [-0.25, -0.2) is 8.42 Å². The normalized spacial score (nSPS) is 13.0. The second-order valence-electron chi connectivity index (χ2n) is 6.25. The van der Waals surface area contributed by atoms with Gasteiger partial charge in [0.05, 0.1) is 4.90 Å². The quantitative estimate of drug-likeness (QED) is 0.727. The monoisotopic (exact) mass is 350 g/mol. The summed E-state index contributed by atoms with van der Waals surface area (Å²) in [6.07, 6.45) is 4.96. The molecule has 0 saturated heterocycles. The Labute approximate surface area is 144 Å². The van der Waals surface area contributed by atoms with Crippen molar-refractivity contribution in [3.8, 4) is 0 Å². The molecule has 132 valence electrons. The average molecular weight is 350 g/mol. The van der Waals surface area contributed by atoms with Crippen molar-refractivity contribution in [2.24, 2.45) is 5.92 Å². The van der Waals surface area contributed by atoms with Gasteiger partial charge in [-0.3, -0.25) is 4.72 Å². The van der Waals surface area contributed by atoms with Crippen LogP contribution in [0.4, 0.5) is 5.82 Å². The zero-order chi connectivity index (χ0) is 17.6. The number of rotatable bonds is 9. The van der Waals surface area contributed by atoms with Crippen molar-refractivity contribution in [1.82, 2.24) is 5.16 Å². The topological polar surface area (TPSA) is 72.2 Å². The molecule has 1 aromatic heterocycles. The molecule has 0 aliphatic heterocycles. The molecule has 1 aromatic carbocycles. The van der Waals surface area contributed by atoms with Crippen molar-refractivity contribution in [2.75, 3.05) is 4.72 Å². The van der Waals surface area contributed by atoms with E-state index in [1.54, 1.807) is 18.2 Å². The summed E-state index contributed by atoms with van der Waals surface area (Å²) in [5, 5.41) is 3.81. The third kappa shape index (κ3) is 5.09. The highest BCUT2D eigenvalue weighted by atomic mass is 32.2. The van der Waals surface area contributed by atoms with Gasteiger partial charge in [0.2, 0.25) is 0 Å². The summed E-state index contributed by atoms with van der Waals surface area (Å²) in [5.74, 6) is 1.39. The molecule has 0 bridgehead atoms. The molecule has 24 heavy (non-hydrogen) atoms. The van der Waals surface area contributed by atoms with Crippen LogP contribution in [0.5, 0.6) is 0 Å². The Bertz CT molecular complexity index is 736. The fourth-order valence-electron chi connectivity index (χ4n) is 2.36. The van der Waals surface area contributed by atoms with E-state index < -0.39 is 10.0 Å². The maximum Gasteiger partial charge on any atom is 0.263 e. The number of aromatic nitrogens is 1. The van der Waals surface area contributed by atoms with Crippen LogP contribution in [-0.2, 0) is 22.9 Å². The lowest BCUT2D eigenvalue weighted by molar-refractivity contribution is 0.363. The van der Waals surface area contributed by atoms with Gasteiger partial charge in [0.25, 0.3) is 10.0 Å². The van der Waals surface area contributed by atoms with Crippen LogP contribution >= 0.6 is 0 Å². The third-order valence-electron chi connectivity index (χ3n) is 4.10. The molecule has 1 atom stereocenters. The molecule has 2 aromatic rings. The fraction of sp³-hybridized carbons (Fsp3) is 0.500. The van der Waals surface area contributed by atoms with E-state index in [-0.39, 0.29) is 10.7 Å². The molecular formula is C18H26N2O3S. The number of hydrogen-bond acceptors (Lipinski definition) is 4. The molecule has 0 spiro atoms. The third-order valence-corrected chi connectivity index (χ3v) is 5.47. The van der Waals surface area contributed by atoms with Crippen LogP contribution < -0.4 is 4.72 Å². The smallest absolute Gasteiger partial charge is 0.263 e. The average Bonchev–Trinajstić information content (AvgIpc) is 2.99. The van der Waals surface area contributed by atoms with E-state index in [2.05, 4.69) is 30.6 Å². The van der Waals surface area contributed by atoms with E-state index in [1.165, 1.54) is 0 Å². The van der Waals surface area contributed by atoms with Gasteiger partial charge in [0.15, 0.2) is 5.82 Å². The lowest BCUT2D eigenvalue weighted by Gasteiger charge is -2.06. The van der Waals surface area contributed by atoms with Crippen LogP contribution in [-0.4, -0.2) is 13.6 Å². The van der Waals surface area contributed by atoms with Crippen LogP contribution in [0.25, 0.3) is 0 Å². The van der Waals surface area contributed by atoms with Crippen LogP contribution in [0.2, 0.25) is 0 Å². The summed E-state index contributed by atoms with van der Waals surface area (Å²) >= 11 is 0. The molecule has 0 saturated carbocycles. The summed E-state index contributed by atoms with van der Waals surface area (Å²) in [4.78, 5) is 0.231. The zero-order valence-corrected chi connectivity index (χ0v) is 15.4. The highest BCUT2D eigenvalue weighted by molar-refractivity contribution is 7.92. The molecule has 2 rings (SSSR count). The van der Waals surface area contributed by atoms with Gasteiger partial charge in [0, 0.05) is 12.5 Å². The number of aryl methyl sites for hydroxylation is 1. The van der Waals surface area contributed by atoms with Crippen molar-refractivity contribution in [2.45, 2.75) is 57.8 Å². The van der Waals surface area contributed by atoms with E-state index in [4.69, 9.17) is 4.52 Å². The van der Waals surface area contributed by atoms with E-state index in [0.29, 0.717) is 11.7 Å². The first-order chi connectivity index (χ1) is 11.4. The van der Waals surface area contributed by atoms with Gasteiger partial charge in [-0.1, -0.05) is 50.9 Å². The molecule has 0 fully saturated rings. The SMILES string of the molecule is CCCCc1ccc(S(=O)(=O)Nc2cc(CC(C)CC)on2)cc1. The lowest BCUT2D eigenvalue weighted by atomic mass is 10.0. The molecule has 0 radical (unpaired) electrons. The largest absolute Gasteiger partial charge is 0.359 e. The molecule has 6 heteroatoms. The number of nitrogens with zero attached hydrogens (tertiary/aromatic N) is 1. The van der Waals surface area contributed by atoms with Gasteiger partial charge in [-0.15, -0.1) is 0 Å². The minimum absolute atomic E-state index is 0.225. The second kappa shape index (κ2) is 8.33. The highest BCUT2D eigenvalue weighted by Gasteiger charge is 2.17. The van der Waals surface area contributed by atoms with Crippen LogP contribution in [0.15, 0.2) is 39.8 Å². The van der Waals surface area contributed by atoms with Crippen molar-refractivity contribution < 1.29 is 12.9 Å². The molecule has 0 amide bonds. The van der Waals surface area contributed by atoms with Crippen molar-refractivity contribution >= 4 is 15.8 Å². The molecular weight excluding hydrogens is 324 g/mol. The summed E-state index contributed by atoms with van der Waals surface area (Å²) in [6, 6.07) is 8.64. The Morgan fingerprint density at radius 3 is 2.54 bits per heavy atom. The van der Waals surface area contributed by atoms with Crippen molar-refractivity contribution in [3.63, 3.8) is 0 Å². The van der Waals surface area contributed by atoms with Gasteiger partial charge in [-0.05, 0) is 36.5 Å². The first-order valence-corrected chi connectivity index (χ1v) is 10.00. The van der Waals surface area contributed by atoms with Crippen LogP contribution in [0.1, 0.15) is 51.4 Å². The molecule has 1 unspecified atom stereocenters. The lowest BCUT2D eigenvalue weighted by Crippen LogP contribution is -2.13. The Balaban J connectivity index is 2.05. The first kappa shape index (κ1) is 18.5. The molecule has 5 nitrogen and oxygen atoms in total. The summed E-state index contributed by atoms with van der Waals surface area (Å²) in [7, 11) is -3.64. The second-order valence-corrected chi connectivity index (χ2v) is 7.93. The summed E-state index contributed by atoms with van der Waals surface area (Å²) in [5.41, 5.74) is 1.15. The van der Waals surface area contributed by atoms with Gasteiger partial charge >= 0.3 is 0 Å². The molecule has 0 aliphatic rings. The maximum atomic E-state index is 12.4. The molecule has 0 aliphatic carbocycles. The molecule has 1 heterocycles. The number of unbranched alkanes of at least 4 members (excludes halogenated alkanes) is 1. The zero-order valence-electron chi connectivity index (χ0n) is 14.6. The Kier molecular flexibility index (Phi) is 6.43. The van der Waals surface area contributed by atoms with Gasteiger partial charge in [0.1, 0.15) is 5.76 Å². The maximum absolute atomic E-state index is 12.4. The Morgan fingerprint density at radius 2 is 1.92 bits per heavy atom. The summed E-state index contributed by atoms with van der Waals surface area (Å²) in [6.45, 7) is 6.36. The number of benzene rings is 1. The van der Waals surface area contributed by atoms with E-state index in [9.17, 15) is 8.42 Å². The number of nitrogens with one attached hydrogen (secondary N) is 1. The molecule has 1 N–H and O–H groups in total. The number of hydrogen-bond donors (Lipinski definition) is 1. The first-order valence-electron chi connectivity index (χ1n) is 8.52. The standard InChI is InChI=1S/C18H26N2O3S/c1-4-6-7-15-8-10-17(11-9-15)24(21,22)20-18-13-16(23-19-18)12-14(3)5-2/h8-11,13-14H,4-7,12H2,1-3H3,(H,19,20). The minimum atomic E-state index is -3.64. The fourth-order valence-corrected chi connectivity index (χ4v) is 3.34. The van der Waals surface area contributed by atoms with E-state index >= 15 is 0 Å². The van der Waals surface area contributed by atoms with Crippen LogP contribution in [0.3, 0.4) is 0 Å². The number of sulfonamides is 1.